The normalized spacial score (nSPS) is 10.9. The minimum Gasteiger partial charge on any atom is -0.341 e. The molecule has 136 valence electrons. The van der Waals surface area contributed by atoms with Gasteiger partial charge in [0.25, 0.3) is 0 Å². The smallest absolute Gasteiger partial charge is 0.197 e. The molecule has 1 aromatic carbocycles. The molecule has 0 aliphatic rings. The number of pyridine rings is 3. The van der Waals surface area contributed by atoms with Crippen molar-refractivity contribution in [2.75, 3.05) is 0 Å². The average Bonchev–Trinajstić information content (AvgIpc) is 2.70. The zero-order chi connectivity index (χ0) is 19.7. The second-order valence-corrected chi connectivity index (χ2v) is 7.02. The van der Waals surface area contributed by atoms with Gasteiger partial charge >= 0.3 is 0 Å². The third kappa shape index (κ3) is 3.49. The van der Waals surface area contributed by atoms with E-state index in [1.165, 1.54) is 0 Å². The van der Waals surface area contributed by atoms with E-state index in [1.54, 1.807) is 12.3 Å². The Morgan fingerprint density at radius 1 is 1.11 bits per heavy atom. The van der Waals surface area contributed by atoms with Crippen molar-refractivity contribution in [2.45, 2.75) is 6.54 Å². The molecular formula is C22H17BClN3O. The zero-order valence-corrected chi connectivity index (χ0v) is 16.1. The first kappa shape index (κ1) is 18.2. The summed E-state index contributed by atoms with van der Waals surface area (Å²) in [4.78, 5) is 21.8. The fourth-order valence-electron chi connectivity index (χ4n) is 3.26. The number of rotatable bonds is 4. The number of hydrogen-bond donors (Lipinski definition) is 0. The van der Waals surface area contributed by atoms with Crippen molar-refractivity contribution in [3.63, 3.8) is 0 Å². The van der Waals surface area contributed by atoms with Crippen LogP contribution in [0, 0.1) is 0 Å². The summed E-state index contributed by atoms with van der Waals surface area (Å²) in [6.45, 7) is 4.70. The van der Waals surface area contributed by atoms with Gasteiger partial charge in [-0.3, -0.25) is 9.78 Å². The van der Waals surface area contributed by atoms with E-state index in [2.05, 4.69) is 16.5 Å². The Morgan fingerprint density at radius 2 is 1.93 bits per heavy atom. The number of fused-ring (bicyclic) bond motifs is 1. The third-order valence-corrected chi connectivity index (χ3v) is 4.89. The Balaban J connectivity index is 1.87. The van der Waals surface area contributed by atoms with Crippen molar-refractivity contribution in [1.82, 2.24) is 14.5 Å². The highest BCUT2D eigenvalue weighted by Gasteiger charge is 2.13. The highest BCUT2D eigenvalue weighted by atomic mass is 35.5. The summed E-state index contributed by atoms with van der Waals surface area (Å²) < 4.78 is 2.04. The third-order valence-electron chi connectivity index (χ3n) is 4.67. The maximum atomic E-state index is 13.1. The van der Waals surface area contributed by atoms with Crippen molar-refractivity contribution >= 4 is 41.5 Å². The van der Waals surface area contributed by atoms with Crippen LogP contribution in [0.25, 0.3) is 16.5 Å². The molecule has 4 nitrogen and oxygen atoms in total. The molecule has 3 heterocycles. The quantitative estimate of drug-likeness (QED) is 0.401. The van der Waals surface area contributed by atoms with Crippen LogP contribution in [0.15, 0.2) is 78.4 Å². The van der Waals surface area contributed by atoms with Crippen molar-refractivity contribution < 1.29 is 0 Å². The highest BCUT2D eigenvalue weighted by molar-refractivity contribution is 6.30. The summed E-state index contributed by atoms with van der Waals surface area (Å²) in [5.41, 5.74) is 4.61. The minimum atomic E-state index is -0.0519. The molecule has 0 aliphatic carbocycles. The SMILES string of the molecule is Bc1cccc(Cn2cc(C(=C)c3ccc(Cl)nc3)c(=O)c3ccccc32)n1. The Bertz CT molecular complexity index is 1250. The van der Waals surface area contributed by atoms with Gasteiger partial charge in [-0.25, -0.2) is 4.98 Å². The lowest BCUT2D eigenvalue weighted by Gasteiger charge is -2.15. The molecule has 0 amide bonds. The van der Waals surface area contributed by atoms with Crippen molar-refractivity contribution in [1.29, 1.82) is 0 Å². The number of aromatic nitrogens is 3. The van der Waals surface area contributed by atoms with Gasteiger partial charge in [-0.15, -0.1) is 0 Å². The molecule has 0 saturated heterocycles. The Labute approximate surface area is 168 Å². The number of para-hydroxylation sites is 1. The molecule has 0 atom stereocenters. The molecular weight excluding hydrogens is 369 g/mol. The highest BCUT2D eigenvalue weighted by Crippen LogP contribution is 2.22. The molecule has 0 bridgehead atoms. The van der Waals surface area contributed by atoms with Gasteiger partial charge in [-0.2, -0.15) is 0 Å². The van der Waals surface area contributed by atoms with Gasteiger partial charge in [-0.1, -0.05) is 42.4 Å². The second kappa shape index (κ2) is 7.45. The number of benzene rings is 1. The molecule has 0 unspecified atom stereocenters. The summed E-state index contributed by atoms with van der Waals surface area (Å²) in [6, 6.07) is 17.0. The fraction of sp³-hybridized carbons (Fsp3) is 0.0455. The Morgan fingerprint density at radius 3 is 2.68 bits per heavy atom. The molecule has 4 rings (SSSR count). The number of hydrogen-bond acceptors (Lipinski definition) is 3. The topological polar surface area (TPSA) is 47.8 Å². The van der Waals surface area contributed by atoms with Crippen LogP contribution in [0.2, 0.25) is 5.15 Å². The van der Waals surface area contributed by atoms with E-state index in [0.717, 1.165) is 22.4 Å². The van der Waals surface area contributed by atoms with Gasteiger partial charge in [0.2, 0.25) is 0 Å². The van der Waals surface area contributed by atoms with E-state index in [9.17, 15) is 4.79 Å². The molecule has 0 N–H and O–H groups in total. The fourth-order valence-corrected chi connectivity index (χ4v) is 3.37. The summed E-state index contributed by atoms with van der Waals surface area (Å²) in [5.74, 6) is 0. The van der Waals surface area contributed by atoms with Gasteiger partial charge in [0.1, 0.15) is 5.15 Å². The number of nitrogens with zero attached hydrogens (tertiary/aromatic N) is 3. The zero-order valence-electron chi connectivity index (χ0n) is 15.4. The van der Waals surface area contributed by atoms with Gasteiger partial charge in [0.05, 0.1) is 17.8 Å². The second-order valence-electron chi connectivity index (χ2n) is 6.64. The van der Waals surface area contributed by atoms with Crippen LogP contribution in [-0.2, 0) is 6.54 Å². The van der Waals surface area contributed by atoms with Gasteiger partial charge < -0.3 is 4.57 Å². The number of halogens is 1. The van der Waals surface area contributed by atoms with Gasteiger partial charge in [0, 0.05) is 28.9 Å². The van der Waals surface area contributed by atoms with E-state index in [4.69, 9.17) is 11.6 Å². The molecule has 0 spiro atoms. The lowest BCUT2D eigenvalue weighted by atomic mass is 10.00. The first-order valence-corrected chi connectivity index (χ1v) is 9.26. The van der Waals surface area contributed by atoms with Crippen LogP contribution in [0.3, 0.4) is 0 Å². The summed E-state index contributed by atoms with van der Waals surface area (Å²) in [6.07, 6.45) is 3.48. The van der Waals surface area contributed by atoms with Crippen LogP contribution in [0.4, 0.5) is 0 Å². The van der Waals surface area contributed by atoms with Crippen molar-refractivity contribution in [3.8, 4) is 0 Å². The summed E-state index contributed by atoms with van der Waals surface area (Å²) in [7, 11) is 1.97. The molecule has 0 fully saturated rings. The van der Waals surface area contributed by atoms with E-state index in [1.807, 2.05) is 67.1 Å². The van der Waals surface area contributed by atoms with E-state index >= 15 is 0 Å². The molecule has 6 heteroatoms. The Kier molecular flexibility index (Phi) is 4.84. The average molecular weight is 386 g/mol. The van der Waals surface area contributed by atoms with Gasteiger partial charge in [0.15, 0.2) is 13.3 Å². The van der Waals surface area contributed by atoms with Crippen molar-refractivity contribution in [3.05, 3.63) is 106 Å². The Hall–Kier alpha value is -3.18. The molecule has 0 radical (unpaired) electrons. The van der Waals surface area contributed by atoms with Crippen molar-refractivity contribution in [2.24, 2.45) is 0 Å². The van der Waals surface area contributed by atoms with E-state index in [0.29, 0.717) is 28.2 Å². The van der Waals surface area contributed by atoms with Crippen LogP contribution in [-0.4, -0.2) is 22.4 Å². The maximum absolute atomic E-state index is 13.1. The molecule has 0 saturated carbocycles. The van der Waals surface area contributed by atoms with Crippen LogP contribution in [0.1, 0.15) is 16.8 Å². The molecule has 28 heavy (non-hydrogen) atoms. The van der Waals surface area contributed by atoms with Crippen LogP contribution in [0.5, 0.6) is 0 Å². The molecule has 4 aromatic rings. The van der Waals surface area contributed by atoms with Crippen LogP contribution >= 0.6 is 11.6 Å². The lowest BCUT2D eigenvalue weighted by Crippen LogP contribution is -2.17. The molecule has 3 aromatic heterocycles. The first-order valence-electron chi connectivity index (χ1n) is 8.89. The summed E-state index contributed by atoms with van der Waals surface area (Å²) >= 11 is 5.89. The monoisotopic (exact) mass is 385 g/mol. The van der Waals surface area contributed by atoms with E-state index < -0.39 is 0 Å². The standard InChI is InChI=1S/C22H17BClN3O/c1-14(15-9-10-21(24)25-11-15)18-13-27(12-16-5-4-8-20(23)26-16)19-7-3-2-6-17(19)22(18)28/h2-11,13H,1,12,23H2. The van der Waals surface area contributed by atoms with Crippen LogP contribution < -0.4 is 11.0 Å². The predicted molar refractivity (Wildman–Crippen MR) is 117 cm³/mol. The van der Waals surface area contributed by atoms with E-state index in [-0.39, 0.29) is 5.43 Å². The largest absolute Gasteiger partial charge is 0.341 e. The minimum absolute atomic E-state index is 0.0519. The molecule has 0 aliphatic heterocycles. The maximum Gasteiger partial charge on any atom is 0.197 e. The lowest BCUT2D eigenvalue weighted by molar-refractivity contribution is 0.799. The predicted octanol–water partition coefficient (Wildman–Crippen LogP) is 2.81. The first-order chi connectivity index (χ1) is 13.5. The summed E-state index contributed by atoms with van der Waals surface area (Å²) in [5, 5.41) is 1.05. The van der Waals surface area contributed by atoms with Gasteiger partial charge in [-0.05, 0) is 41.5 Å².